The summed E-state index contributed by atoms with van der Waals surface area (Å²) >= 11 is 6.35. The lowest BCUT2D eigenvalue weighted by molar-refractivity contribution is 0.134. The molecule has 1 atom stereocenters. The molecule has 0 saturated heterocycles. The molecule has 0 N–H and O–H groups in total. The van der Waals surface area contributed by atoms with Crippen molar-refractivity contribution >= 4 is 11.6 Å². The lowest BCUT2D eigenvalue weighted by Crippen LogP contribution is -1.93. The monoisotopic (exact) mass is 224 g/mol. The van der Waals surface area contributed by atoms with Gasteiger partial charge in [-0.2, -0.15) is 0 Å². The first-order valence-corrected chi connectivity index (χ1v) is 6.08. The Morgan fingerprint density at radius 2 is 2.13 bits per heavy atom. The SMILES string of the molecule is CCCCC(Cl)c1ccc2c(c1)COC2. The highest BCUT2D eigenvalue weighted by molar-refractivity contribution is 6.20. The van der Waals surface area contributed by atoms with Crippen molar-refractivity contribution in [3.05, 3.63) is 34.9 Å². The second-order valence-corrected chi connectivity index (χ2v) is 4.66. The average molecular weight is 225 g/mol. The molecule has 0 fully saturated rings. The van der Waals surface area contributed by atoms with E-state index in [9.17, 15) is 0 Å². The molecule has 1 unspecified atom stereocenters. The van der Waals surface area contributed by atoms with Crippen molar-refractivity contribution in [1.82, 2.24) is 0 Å². The van der Waals surface area contributed by atoms with Gasteiger partial charge in [-0.15, -0.1) is 11.6 Å². The Labute approximate surface area is 96.4 Å². The number of hydrogen-bond donors (Lipinski definition) is 0. The highest BCUT2D eigenvalue weighted by Crippen LogP contribution is 2.30. The van der Waals surface area contributed by atoms with Crippen molar-refractivity contribution in [2.45, 2.75) is 44.8 Å². The summed E-state index contributed by atoms with van der Waals surface area (Å²) in [6.45, 7) is 3.71. The van der Waals surface area contributed by atoms with Crippen molar-refractivity contribution in [3.8, 4) is 0 Å². The summed E-state index contributed by atoms with van der Waals surface area (Å²) in [5.41, 5.74) is 3.88. The maximum Gasteiger partial charge on any atom is 0.0725 e. The summed E-state index contributed by atoms with van der Waals surface area (Å²) in [5, 5.41) is 0.163. The molecule has 0 aliphatic carbocycles. The number of benzene rings is 1. The third-order valence-corrected chi connectivity index (χ3v) is 3.39. The van der Waals surface area contributed by atoms with Gasteiger partial charge in [0.15, 0.2) is 0 Å². The second-order valence-electron chi connectivity index (χ2n) is 4.13. The quantitative estimate of drug-likeness (QED) is 0.697. The molecular weight excluding hydrogens is 208 g/mol. The molecule has 82 valence electrons. The van der Waals surface area contributed by atoms with Gasteiger partial charge in [0.2, 0.25) is 0 Å². The van der Waals surface area contributed by atoms with Crippen molar-refractivity contribution in [2.75, 3.05) is 0 Å². The number of fused-ring (bicyclic) bond motifs is 1. The number of rotatable bonds is 4. The average Bonchev–Trinajstić information content (AvgIpc) is 2.72. The fourth-order valence-electron chi connectivity index (χ4n) is 1.94. The normalized spacial score (nSPS) is 16.4. The van der Waals surface area contributed by atoms with E-state index in [0.717, 1.165) is 19.6 Å². The Morgan fingerprint density at radius 1 is 1.33 bits per heavy atom. The van der Waals surface area contributed by atoms with Crippen LogP contribution in [-0.4, -0.2) is 0 Å². The van der Waals surface area contributed by atoms with Crippen LogP contribution in [0, 0.1) is 0 Å². The Kier molecular flexibility index (Phi) is 3.66. The Morgan fingerprint density at radius 3 is 2.93 bits per heavy atom. The van der Waals surface area contributed by atoms with Crippen LogP contribution in [-0.2, 0) is 18.0 Å². The van der Waals surface area contributed by atoms with Gasteiger partial charge in [0.05, 0.1) is 18.6 Å². The smallest absolute Gasteiger partial charge is 0.0725 e. The maximum atomic E-state index is 6.35. The molecule has 0 aromatic heterocycles. The topological polar surface area (TPSA) is 9.23 Å². The lowest BCUT2D eigenvalue weighted by atomic mass is 10.0. The molecule has 1 heterocycles. The third-order valence-electron chi connectivity index (χ3n) is 2.92. The predicted molar refractivity (Wildman–Crippen MR) is 63.1 cm³/mol. The molecule has 2 heteroatoms. The Balaban J connectivity index is 2.08. The molecule has 0 spiro atoms. The number of ether oxygens (including phenoxy) is 1. The van der Waals surface area contributed by atoms with Crippen molar-refractivity contribution in [3.63, 3.8) is 0 Å². The summed E-state index contributed by atoms with van der Waals surface area (Å²) in [6, 6.07) is 6.50. The van der Waals surface area contributed by atoms with Crippen LogP contribution in [0.25, 0.3) is 0 Å². The van der Waals surface area contributed by atoms with E-state index in [4.69, 9.17) is 16.3 Å². The van der Waals surface area contributed by atoms with Crippen molar-refractivity contribution < 1.29 is 4.74 Å². The highest BCUT2D eigenvalue weighted by atomic mass is 35.5. The molecule has 0 bridgehead atoms. The summed E-state index contributed by atoms with van der Waals surface area (Å²) < 4.78 is 5.39. The van der Waals surface area contributed by atoms with Gasteiger partial charge in [0, 0.05) is 0 Å². The predicted octanol–water partition coefficient (Wildman–Crippen LogP) is 4.19. The number of halogens is 1. The van der Waals surface area contributed by atoms with Crippen LogP contribution in [0.1, 0.15) is 48.3 Å². The van der Waals surface area contributed by atoms with E-state index in [-0.39, 0.29) is 5.38 Å². The van der Waals surface area contributed by atoms with Crippen molar-refractivity contribution in [1.29, 1.82) is 0 Å². The standard InChI is InChI=1S/C13H17ClO/c1-2-3-4-13(14)10-5-6-11-8-15-9-12(11)7-10/h5-7,13H,2-4,8-9H2,1H3. The van der Waals surface area contributed by atoms with Crippen LogP contribution < -0.4 is 0 Å². The molecule has 1 nitrogen and oxygen atoms in total. The summed E-state index contributed by atoms with van der Waals surface area (Å²) in [7, 11) is 0. The Bertz CT molecular complexity index is 335. The van der Waals surface area contributed by atoms with Gasteiger partial charge in [0.1, 0.15) is 0 Å². The van der Waals surface area contributed by atoms with E-state index in [2.05, 4.69) is 25.1 Å². The van der Waals surface area contributed by atoms with Crippen LogP contribution in [0.3, 0.4) is 0 Å². The molecular formula is C13H17ClO. The van der Waals surface area contributed by atoms with Gasteiger partial charge in [-0.3, -0.25) is 0 Å². The third kappa shape index (κ3) is 2.53. The minimum Gasteiger partial charge on any atom is -0.372 e. The largest absolute Gasteiger partial charge is 0.372 e. The maximum absolute atomic E-state index is 6.35. The first kappa shape index (κ1) is 11.0. The lowest BCUT2D eigenvalue weighted by Gasteiger charge is -2.10. The first-order valence-electron chi connectivity index (χ1n) is 5.64. The van der Waals surface area contributed by atoms with Gasteiger partial charge < -0.3 is 4.74 Å². The molecule has 0 radical (unpaired) electrons. The van der Waals surface area contributed by atoms with Crippen LogP contribution in [0.5, 0.6) is 0 Å². The summed E-state index contributed by atoms with van der Waals surface area (Å²) in [5.74, 6) is 0. The molecule has 1 aliphatic heterocycles. The first-order chi connectivity index (χ1) is 7.31. The van der Waals surface area contributed by atoms with Crippen LogP contribution in [0.15, 0.2) is 18.2 Å². The molecule has 1 aromatic rings. The minimum atomic E-state index is 0.163. The number of hydrogen-bond acceptors (Lipinski definition) is 1. The van der Waals surface area contributed by atoms with E-state index in [1.165, 1.54) is 29.5 Å². The molecule has 15 heavy (non-hydrogen) atoms. The fourth-order valence-corrected chi connectivity index (χ4v) is 2.23. The van der Waals surface area contributed by atoms with E-state index in [1.807, 2.05) is 0 Å². The zero-order valence-corrected chi connectivity index (χ0v) is 9.89. The van der Waals surface area contributed by atoms with Crippen LogP contribution in [0.4, 0.5) is 0 Å². The van der Waals surface area contributed by atoms with Gasteiger partial charge in [0.25, 0.3) is 0 Å². The van der Waals surface area contributed by atoms with Gasteiger partial charge in [-0.05, 0) is 23.1 Å². The van der Waals surface area contributed by atoms with E-state index < -0.39 is 0 Å². The van der Waals surface area contributed by atoms with Crippen molar-refractivity contribution in [2.24, 2.45) is 0 Å². The minimum absolute atomic E-state index is 0.163. The zero-order chi connectivity index (χ0) is 10.7. The van der Waals surface area contributed by atoms with E-state index >= 15 is 0 Å². The Hall–Kier alpha value is -0.530. The summed E-state index contributed by atoms with van der Waals surface area (Å²) in [6.07, 6.45) is 3.47. The van der Waals surface area contributed by atoms with Gasteiger partial charge in [-0.1, -0.05) is 38.0 Å². The highest BCUT2D eigenvalue weighted by Gasteiger charge is 2.14. The number of alkyl halides is 1. The molecule has 0 amide bonds. The molecule has 1 aliphatic rings. The number of unbranched alkanes of at least 4 members (excludes halogenated alkanes) is 1. The van der Waals surface area contributed by atoms with Gasteiger partial charge >= 0.3 is 0 Å². The van der Waals surface area contributed by atoms with Crippen LogP contribution >= 0.6 is 11.6 Å². The fraction of sp³-hybridized carbons (Fsp3) is 0.538. The van der Waals surface area contributed by atoms with Crippen LogP contribution in [0.2, 0.25) is 0 Å². The molecule has 0 saturated carbocycles. The zero-order valence-electron chi connectivity index (χ0n) is 9.13. The summed E-state index contributed by atoms with van der Waals surface area (Å²) in [4.78, 5) is 0. The van der Waals surface area contributed by atoms with Gasteiger partial charge in [-0.25, -0.2) is 0 Å². The van der Waals surface area contributed by atoms with E-state index in [0.29, 0.717) is 0 Å². The molecule has 2 rings (SSSR count). The second kappa shape index (κ2) is 5.00. The van der Waals surface area contributed by atoms with E-state index in [1.54, 1.807) is 0 Å². The molecule has 1 aromatic carbocycles.